The van der Waals surface area contributed by atoms with Crippen molar-refractivity contribution in [1.82, 2.24) is 24.4 Å². The second-order valence-corrected chi connectivity index (χ2v) is 7.15. The minimum absolute atomic E-state index is 0.00335. The summed E-state index contributed by atoms with van der Waals surface area (Å²) in [5.41, 5.74) is 0.347. The van der Waals surface area contributed by atoms with Crippen LogP contribution in [0.5, 0.6) is 0 Å². The summed E-state index contributed by atoms with van der Waals surface area (Å²) in [5.74, 6) is 0.668. The maximum Gasteiger partial charge on any atom is 0.274 e. The zero-order valence-electron chi connectivity index (χ0n) is 15.0. The van der Waals surface area contributed by atoms with Crippen molar-refractivity contribution in [1.29, 1.82) is 0 Å². The number of imidazole rings is 1. The fraction of sp³-hybridized carbons (Fsp3) is 0.556. The highest BCUT2D eigenvalue weighted by Crippen LogP contribution is 2.36. The topological polar surface area (TPSA) is 85.2 Å². The van der Waals surface area contributed by atoms with Gasteiger partial charge in [-0.25, -0.2) is 15.0 Å². The lowest BCUT2D eigenvalue weighted by Crippen LogP contribution is -2.52. The first-order valence-electron chi connectivity index (χ1n) is 9.08. The summed E-state index contributed by atoms with van der Waals surface area (Å²) in [6.07, 6.45) is 10.5. The Hall–Kier alpha value is -2.48. The Morgan fingerprint density at radius 3 is 2.73 bits per heavy atom. The first-order chi connectivity index (χ1) is 12.6. The van der Waals surface area contributed by atoms with E-state index in [0.29, 0.717) is 30.8 Å². The van der Waals surface area contributed by atoms with E-state index in [-0.39, 0.29) is 11.5 Å². The number of hydrogen-bond acceptors (Lipinski definition) is 6. The van der Waals surface area contributed by atoms with Gasteiger partial charge in [0.15, 0.2) is 0 Å². The van der Waals surface area contributed by atoms with Crippen LogP contribution < -0.4 is 5.32 Å². The summed E-state index contributed by atoms with van der Waals surface area (Å²) in [7, 11) is 1.87. The highest BCUT2D eigenvalue weighted by molar-refractivity contribution is 5.92. The third-order valence-corrected chi connectivity index (χ3v) is 5.28. The van der Waals surface area contributed by atoms with Gasteiger partial charge in [0, 0.05) is 51.4 Å². The normalized spacial score (nSPS) is 22.3. The van der Waals surface area contributed by atoms with Gasteiger partial charge in [-0.05, 0) is 31.7 Å². The SMILES string of the molecule is Cn1cnc(C(=O)N2CCC3(CC2)C[C@H](Nc2ncccn2)CCO3)c1. The summed E-state index contributed by atoms with van der Waals surface area (Å²) < 4.78 is 7.97. The zero-order chi connectivity index (χ0) is 18.0. The molecule has 1 amide bonds. The van der Waals surface area contributed by atoms with E-state index in [2.05, 4.69) is 20.3 Å². The minimum Gasteiger partial charge on any atom is -0.375 e. The zero-order valence-corrected chi connectivity index (χ0v) is 15.0. The van der Waals surface area contributed by atoms with Gasteiger partial charge >= 0.3 is 0 Å². The summed E-state index contributed by atoms with van der Waals surface area (Å²) in [4.78, 5) is 27.1. The average molecular weight is 356 g/mol. The molecule has 0 aliphatic carbocycles. The summed E-state index contributed by atoms with van der Waals surface area (Å²) in [6.45, 7) is 2.12. The third-order valence-electron chi connectivity index (χ3n) is 5.28. The molecule has 1 atom stereocenters. The van der Waals surface area contributed by atoms with Gasteiger partial charge in [-0.15, -0.1) is 0 Å². The second-order valence-electron chi connectivity index (χ2n) is 7.15. The number of ether oxygens (including phenoxy) is 1. The van der Waals surface area contributed by atoms with E-state index < -0.39 is 0 Å². The third kappa shape index (κ3) is 3.55. The van der Waals surface area contributed by atoms with E-state index in [1.807, 2.05) is 18.0 Å². The van der Waals surface area contributed by atoms with Crippen molar-refractivity contribution in [3.8, 4) is 0 Å². The molecule has 8 heteroatoms. The average Bonchev–Trinajstić information content (AvgIpc) is 3.09. The number of carbonyl (C=O) groups is 1. The fourth-order valence-corrected chi connectivity index (χ4v) is 3.86. The Morgan fingerprint density at radius 2 is 2.04 bits per heavy atom. The number of likely N-dealkylation sites (tertiary alicyclic amines) is 1. The minimum atomic E-state index is -0.161. The van der Waals surface area contributed by atoms with Crippen LogP contribution in [-0.2, 0) is 11.8 Å². The van der Waals surface area contributed by atoms with Crippen LogP contribution in [0.4, 0.5) is 5.95 Å². The van der Waals surface area contributed by atoms with Crippen LogP contribution in [0.15, 0.2) is 31.0 Å². The summed E-state index contributed by atoms with van der Waals surface area (Å²) >= 11 is 0. The number of rotatable bonds is 3. The molecule has 2 aromatic rings. The van der Waals surface area contributed by atoms with Crippen molar-refractivity contribution in [3.63, 3.8) is 0 Å². The highest BCUT2D eigenvalue weighted by atomic mass is 16.5. The van der Waals surface area contributed by atoms with E-state index in [1.165, 1.54) is 0 Å². The number of carbonyl (C=O) groups excluding carboxylic acids is 1. The molecule has 1 spiro atoms. The molecule has 0 aromatic carbocycles. The Labute approximate surface area is 152 Å². The standard InChI is InChI=1S/C18H24N6O2/c1-23-12-15(21-13-23)16(25)24-8-4-18(5-9-24)11-14(3-10-26-18)22-17-19-6-2-7-20-17/h2,6-7,12-14H,3-5,8-11H2,1H3,(H,19,20,22)/t14-/m1/s1. The number of nitrogens with zero attached hydrogens (tertiary/aromatic N) is 5. The fourth-order valence-electron chi connectivity index (χ4n) is 3.86. The molecule has 26 heavy (non-hydrogen) atoms. The molecule has 2 aromatic heterocycles. The number of hydrogen-bond donors (Lipinski definition) is 1. The van der Waals surface area contributed by atoms with Crippen LogP contribution in [0.1, 0.15) is 36.2 Å². The van der Waals surface area contributed by atoms with Gasteiger partial charge in [-0.2, -0.15) is 0 Å². The lowest BCUT2D eigenvalue weighted by atomic mass is 9.82. The molecule has 1 N–H and O–H groups in total. The van der Waals surface area contributed by atoms with Crippen molar-refractivity contribution in [2.24, 2.45) is 7.05 Å². The number of piperidine rings is 1. The van der Waals surface area contributed by atoms with Gasteiger partial charge < -0.3 is 19.5 Å². The number of anilines is 1. The molecule has 2 aliphatic rings. The predicted octanol–water partition coefficient (Wildman–Crippen LogP) is 1.48. The van der Waals surface area contributed by atoms with Gasteiger partial charge in [-0.1, -0.05) is 0 Å². The van der Waals surface area contributed by atoms with Gasteiger partial charge in [0.1, 0.15) is 5.69 Å². The molecule has 4 heterocycles. The maximum atomic E-state index is 12.6. The predicted molar refractivity (Wildman–Crippen MR) is 95.7 cm³/mol. The van der Waals surface area contributed by atoms with Crippen LogP contribution in [-0.4, -0.2) is 61.7 Å². The molecular weight excluding hydrogens is 332 g/mol. The van der Waals surface area contributed by atoms with Crippen molar-refractivity contribution in [2.45, 2.75) is 37.3 Å². The monoisotopic (exact) mass is 356 g/mol. The van der Waals surface area contributed by atoms with E-state index in [4.69, 9.17) is 4.74 Å². The molecule has 4 rings (SSSR count). The second kappa shape index (κ2) is 7.03. The lowest BCUT2D eigenvalue weighted by molar-refractivity contribution is -0.110. The van der Waals surface area contributed by atoms with Crippen LogP contribution in [0.25, 0.3) is 0 Å². The smallest absolute Gasteiger partial charge is 0.274 e. The molecule has 0 radical (unpaired) electrons. The Kier molecular flexibility index (Phi) is 4.58. The van der Waals surface area contributed by atoms with Gasteiger partial charge in [0.25, 0.3) is 5.91 Å². The van der Waals surface area contributed by atoms with E-state index in [0.717, 1.165) is 32.3 Å². The molecule has 2 aliphatic heterocycles. The lowest BCUT2D eigenvalue weighted by Gasteiger charge is -2.46. The number of nitrogens with one attached hydrogen (secondary N) is 1. The van der Waals surface area contributed by atoms with Crippen molar-refractivity contribution >= 4 is 11.9 Å². The Morgan fingerprint density at radius 1 is 1.27 bits per heavy atom. The Bertz CT molecular complexity index is 754. The molecule has 2 saturated heterocycles. The van der Waals surface area contributed by atoms with Crippen molar-refractivity contribution in [2.75, 3.05) is 25.0 Å². The first kappa shape index (κ1) is 17.0. The number of amides is 1. The molecule has 2 fully saturated rings. The summed E-state index contributed by atoms with van der Waals surface area (Å²) in [5, 5.41) is 3.42. The van der Waals surface area contributed by atoms with Crippen molar-refractivity contribution < 1.29 is 9.53 Å². The van der Waals surface area contributed by atoms with Crippen LogP contribution in [0.3, 0.4) is 0 Å². The summed E-state index contributed by atoms with van der Waals surface area (Å²) in [6, 6.07) is 2.11. The molecule has 138 valence electrons. The van der Waals surface area contributed by atoms with Crippen LogP contribution in [0, 0.1) is 0 Å². The van der Waals surface area contributed by atoms with Crippen molar-refractivity contribution in [3.05, 3.63) is 36.7 Å². The maximum absolute atomic E-state index is 12.6. The van der Waals surface area contributed by atoms with E-state index in [9.17, 15) is 4.79 Å². The first-order valence-corrected chi connectivity index (χ1v) is 9.08. The molecule has 0 unspecified atom stereocenters. The number of aromatic nitrogens is 4. The van der Waals surface area contributed by atoms with Gasteiger partial charge in [-0.3, -0.25) is 4.79 Å². The molecular formula is C18H24N6O2. The van der Waals surface area contributed by atoms with Crippen LogP contribution in [0.2, 0.25) is 0 Å². The molecule has 0 saturated carbocycles. The molecule has 8 nitrogen and oxygen atoms in total. The Balaban J connectivity index is 1.36. The number of aryl methyl sites for hydroxylation is 1. The van der Waals surface area contributed by atoms with E-state index >= 15 is 0 Å². The quantitative estimate of drug-likeness (QED) is 0.897. The van der Waals surface area contributed by atoms with E-state index in [1.54, 1.807) is 29.5 Å². The van der Waals surface area contributed by atoms with Gasteiger partial charge in [0.2, 0.25) is 5.95 Å². The highest BCUT2D eigenvalue weighted by Gasteiger charge is 2.41. The molecule has 0 bridgehead atoms. The van der Waals surface area contributed by atoms with Crippen LogP contribution >= 0.6 is 0 Å². The largest absolute Gasteiger partial charge is 0.375 e. The van der Waals surface area contributed by atoms with Gasteiger partial charge in [0.05, 0.1) is 11.9 Å².